The molecule has 2 rings (SSSR count). The van der Waals surface area contributed by atoms with Crippen LogP contribution in [0.3, 0.4) is 0 Å². The summed E-state index contributed by atoms with van der Waals surface area (Å²) in [6, 6.07) is 7.88. The van der Waals surface area contributed by atoms with Gasteiger partial charge in [-0.1, -0.05) is 29.8 Å². The fourth-order valence-electron chi connectivity index (χ4n) is 2.80. The molecule has 1 heterocycles. The lowest BCUT2D eigenvalue weighted by Gasteiger charge is -2.31. The number of hydrogen-bond acceptors (Lipinski definition) is 3. The molecular weight excluding hydrogens is 344 g/mol. The number of nitrogens with one attached hydrogen (secondary N) is 1. The topological polar surface area (TPSA) is 49.4 Å². The second-order valence-corrected chi connectivity index (χ2v) is 7.61. The summed E-state index contributed by atoms with van der Waals surface area (Å²) in [6.07, 6.45) is 2.71. The van der Waals surface area contributed by atoms with Gasteiger partial charge in [-0.3, -0.25) is 9.59 Å². The smallest absolute Gasteiger partial charge is 0.224 e. The number of thioether (sulfide) groups is 1. The van der Waals surface area contributed by atoms with E-state index in [4.69, 9.17) is 11.6 Å². The van der Waals surface area contributed by atoms with Crippen molar-refractivity contribution in [2.24, 2.45) is 5.92 Å². The third kappa shape index (κ3) is 6.02. The molecule has 1 atom stereocenters. The summed E-state index contributed by atoms with van der Waals surface area (Å²) in [5, 5.41) is 3.82. The zero-order chi connectivity index (χ0) is 17.4. The van der Waals surface area contributed by atoms with Crippen LogP contribution < -0.4 is 5.32 Å². The number of piperidine rings is 1. The minimum absolute atomic E-state index is 0.0570. The number of carbonyl (C=O) groups is 2. The maximum absolute atomic E-state index is 12.2. The van der Waals surface area contributed by atoms with E-state index in [0.717, 1.165) is 47.9 Å². The lowest BCUT2D eigenvalue weighted by Crippen LogP contribution is -2.44. The van der Waals surface area contributed by atoms with Crippen LogP contribution in [0.15, 0.2) is 24.3 Å². The predicted octanol–water partition coefficient (Wildman–Crippen LogP) is 3.34. The third-order valence-corrected chi connectivity index (χ3v) is 5.68. The Morgan fingerprint density at radius 1 is 1.38 bits per heavy atom. The molecule has 4 nitrogen and oxygen atoms in total. The summed E-state index contributed by atoms with van der Waals surface area (Å²) in [5.41, 5.74) is 1.15. The van der Waals surface area contributed by atoms with E-state index in [2.05, 4.69) is 5.32 Å². The van der Waals surface area contributed by atoms with Crippen LogP contribution in [0, 0.1) is 5.92 Å². The number of benzene rings is 1. The van der Waals surface area contributed by atoms with Crippen LogP contribution >= 0.6 is 23.4 Å². The number of halogens is 1. The molecule has 132 valence electrons. The zero-order valence-corrected chi connectivity index (χ0v) is 15.7. The number of nitrogens with zero attached hydrogens (tertiary/aromatic N) is 1. The SMILES string of the molecule is CC(=O)N1CCCC(C(=O)NCCCSCc2ccccc2Cl)C1. The van der Waals surface area contributed by atoms with E-state index < -0.39 is 0 Å². The van der Waals surface area contributed by atoms with Crippen LogP contribution in [0.25, 0.3) is 0 Å². The van der Waals surface area contributed by atoms with Gasteiger partial charge >= 0.3 is 0 Å². The molecule has 24 heavy (non-hydrogen) atoms. The first-order valence-corrected chi connectivity index (χ1v) is 9.95. The molecule has 1 aliphatic heterocycles. The summed E-state index contributed by atoms with van der Waals surface area (Å²) in [6.45, 7) is 3.58. The van der Waals surface area contributed by atoms with Gasteiger partial charge in [0.2, 0.25) is 11.8 Å². The highest BCUT2D eigenvalue weighted by Gasteiger charge is 2.26. The average Bonchev–Trinajstić information content (AvgIpc) is 2.59. The Morgan fingerprint density at radius 3 is 2.92 bits per heavy atom. The van der Waals surface area contributed by atoms with Crippen molar-refractivity contribution in [1.29, 1.82) is 0 Å². The van der Waals surface area contributed by atoms with Gasteiger partial charge in [0.1, 0.15) is 0 Å². The Morgan fingerprint density at radius 2 is 2.17 bits per heavy atom. The highest BCUT2D eigenvalue weighted by molar-refractivity contribution is 7.98. The van der Waals surface area contributed by atoms with Gasteiger partial charge in [0, 0.05) is 37.3 Å². The van der Waals surface area contributed by atoms with E-state index in [9.17, 15) is 9.59 Å². The second-order valence-electron chi connectivity index (χ2n) is 6.09. The molecule has 0 aromatic heterocycles. The first kappa shape index (κ1) is 19.1. The third-order valence-electron chi connectivity index (χ3n) is 4.22. The van der Waals surface area contributed by atoms with Gasteiger partial charge in [-0.05, 0) is 36.6 Å². The molecule has 0 aliphatic carbocycles. The van der Waals surface area contributed by atoms with Crippen LogP contribution in [-0.4, -0.2) is 42.1 Å². The summed E-state index contributed by atoms with van der Waals surface area (Å²) >= 11 is 7.95. The van der Waals surface area contributed by atoms with Gasteiger partial charge in [0.15, 0.2) is 0 Å². The molecule has 0 saturated carbocycles. The number of carbonyl (C=O) groups excluding carboxylic acids is 2. The van der Waals surface area contributed by atoms with E-state index >= 15 is 0 Å². The second kappa shape index (κ2) is 9.94. The molecule has 1 saturated heterocycles. The van der Waals surface area contributed by atoms with Crippen LogP contribution in [0.1, 0.15) is 31.7 Å². The maximum atomic E-state index is 12.2. The average molecular weight is 369 g/mol. The largest absolute Gasteiger partial charge is 0.356 e. The monoisotopic (exact) mass is 368 g/mol. The molecule has 0 bridgehead atoms. The summed E-state index contributed by atoms with van der Waals surface area (Å²) in [5.74, 6) is 1.96. The van der Waals surface area contributed by atoms with E-state index in [1.54, 1.807) is 11.8 Å². The molecule has 1 aromatic carbocycles. The van der Waals surface area contributed by atoms with Gasteiger partial charge in [0.25, 0.3) is 0 Å². The number of likely N-dealkylation sites (tertiary alicyclic amines) is 1. The highest BCUT2D eigenvalue weighted by atomic mass is 35.5. The summed E-state index contributed by atoms with van der Waals surface area (Å²) < 4.78 is 0. The molecule has 2 amide bonds. The Bertz CT molecular complexity index is 568. The molecule has 0 radical (unpaired) electrons. The van der Waals surface area contributed by atoms with Crippen molar-refractivity contribution in [1.82, 2.24) is 10.2 Å². The molecule has 1 unspecified atom stereocenters. The fraction of sp³-hybridized carbons (Fsp3) is 0.556. The van der Waals surface area contributed by atoms with Crippen molar-refractivity contribution in [2.45, 2.75) is 31.9 Å². The number of rotatable bonds is 7. The summed E-state index contributed by atoms with van der Waals surface area (Å²) in [7, 11) is 0. The number of amides is 2. The van der Waals surface area contributed by atoms with Crippen molar-refractivity contribution in [3.63, 3.8) is 0 Å². The quantitative estimate of drug-likeness (QED) is 0.751. The van der Waals surface area contributed by atoms with E-state index in [-0.39, 0.29) is 17.7 Å². The van der Waals surface area contributed by atoms with Crippen molar-refractivity contribution in [2.75, 3.05) is 25.4 Å². The van der Waals surface area contributed by atoms with Crippen LogP contribution in [0.5, 0.6) is 0 Å². The van der Waals surface area contributed by atoms with Crippen molar-refractivity contribution in [3.05, 3.63) is 34.9 Å². The Labute approximate surface area is 153 Å². The summed E-state index contributed by atoms with van der Waals surface area (Å²) in [4.78, 5) is 25.4. The Kier molecular flexibility index (Phi) is 7.92. The minimum Gasteiger partial charge on any atom is -0.356 e. The van der Waals surface area contributed by atoms with Gasteiger partial charge < -0.3 is 10.2 Å². The van der Waals surface area contributed by atoms with E-state index in [1.807, 2.05) is 36.0 Å². The van der Waals surface area contributed by atoms with Crippen molar-refractivity contribution < 1.29 is 9.59 Å². The first-order valence-electron chi connectivity index (χ1n) is 8.42. The normalized spacial score (nSPS) is 17.6. The van der Waals surface area contributed by atoms with E-state index in [0.29, 0.717) is 13.1 Å². The van der Waals surface area contributed by atoms with Crippen LogP contribution in [0.2, 0.25) is 5.02 Å². The van der Waals surface area contributed by atoms with E-state index in [1.165, 1.54) is 0 Å². The van der Waals surface area contributed by atoms with Crippen LogP contribution in [0.4, 0.5) is 0 Å². The standard InChI is InChI=1S/C18H25ClN2O2S/c1-14(22)21-10-4-7-15(12-21)18(23)20-9-5-11-24-13-16-6-2-3-8-17(16)19/h2-3,6,8,15H,4-5,7,9-13H2,1H3,(H,20,23). The first-order chi connectivity index (χ1) is 11.6. The number of hydrogen-bond donors (Lipinski definition) is 1. The molecule has 1 aromatic rings. The van der Waals surface area contributed by atoms with Gasteiger partial charge in [-0.15, -0.1) is 0 Å². The fourth-order valence-corrected chi connectivity index (χ4v) is 4.05. The molecule has 1 fully saturated rings. The van der Waals surface area contributed by atoms with Gasteiger partial charge in [-0.2, -0.15) is 11.8 Å². The highest BCUT2D eigenvalue weighted by Crippen LogP contribution is 2.21. The lowest BCUT2D eigenvalue weighted by atomic mass is 9.97. The molecule has 6 heteroatoms. The zero-order valence-electron chi connectivity index (χ0n) is 14.1. The molecular formula is C18H25ClN2O2S. The predicted molar refractivity (Wildman–Crippen MR) is 100 cm³/mol. The molecule has 1 aliphatic rings. The van der Waals surface area contributed by atoms with Gasteiger partial charge in [0.05, 0.1) is 5.92 Å². The van der Waals surface area contributed by atoms with Gasteiger partial charge in [-0.25, -0.2) is 0 Å². The Balaban J connectivity index is 1.59. The molecule has 1 N–H and O–H groups in total. The minimum atomic E-state index is -0.0570. The molecule has 0 spiro atoms. The maximum Gasteiger partial charge on any atom is 0.224 e. The van der Waals surface area contributed by atoms with Crippen LogP contribution in [-0.2, 0) is 15.3 Å². The Hall–Kier alpha value is -1.20. The lowest BCUT2D eigenvalue weighted by molar-refractivity contribution is -0.133. The van der Waals surface area contributed by atoms with Crippen molar-refractivity contribution >= 4 is 35.2 Å². The van der Waals surface area contributed by atoms with Crippen molar-refractivity contribution in [3.8, 4) is 0 Å².